The van der Waals surface area contributed by atoms with Crippen LogP contribution >= 0.6 is 0 Å². The van der Waals surface area contributed by atoms with Crippen LogP contribution in [0, 0.1) is 6.92 Å². The molecule has 1 aliphatic heterocycles. The molecule has 0 spiro atoms. The summed E-state index contributed by atoms with van der Waals surface area (Å²) in [5.74, 6) is 0.346. The highest BCUT2D eigenvalue weighted by molar-refractivity contribution is 7.90. The van der Waals surface area contributed by atoms with Gasteiger partial charge in [0.25, 0.3) is 15.9 Å². The largest absolute Gasteiger partial charge is 0.459 e. The van der Waals surface area contributed by atoms with Crippen LogP contribution in [0.3, 0.4) is 0 Å². The molecule has 1 aromatic carbocycles. The number of carbonyl (C=O) groups excluding carboxylic acids is 1. The molecule has 1 aromatic heterocycles. The van der Waals surface area contributed by atoms with Gasteiger partial charge in [-0.3, -0.25) is 4.79 Å². The van der Waals surface area contributed by atoms with Gasteiger partial charge in [-0.1, -0.05) is 12.5 Å². The van der Waals surface area contributed by atoms with Crippen LogP contribution in [0.1, 0.15) is 41.8 Å². The van der Waals surface area contributed by atoms with Gasteiger partial charge in [0.1, 0.15) is 5.84 Å². The maximum Gasteiger partial charge on any atom is 0.291 e. The van der Waals surface area contributed by atoms with Gasteiger partial charge in [0, 0.05) is 31.3 Å². The average Bonchev–Trinajstić information content (AvgIpc) is 2.96. The molecule has 1 saturated heterocycles. The predicted molar refractivity (Wildman–Crippen MR) is 104 cm³/mol. The molecule has 1 N–H and O–H groups in total. The third-order valence-electron chi connectivity index (χ3n) is 4.52. The van der Waals surface area contributed by atoms with Crippen LogP contribution in [0.2, 0.25) is 0 Å². The highest BCUT2D eigenvalue weighted by Gasteiger charge is 2.19. The lowest BCUT2D eigenvalue weighted by molar-refractivity contribution is 0.0996. The van der Waals surface area contributed by atoms with Crippen LogP contribution in [0.5, 0.6) is 0 Å². The molecule has 2 heterocycles. The zero-order valence-electron chi connectivity index (χ0n) is 15.4. The van der Waals surface area contributed by atoms with Gasteiger partial charge in [-0.15, -0.1) is 4.40 Å². The minimum Gasteiger partial charge on any atom is -0.459 e. The number of aryl methyl sites for hydroxylation is 1. The fourth-order valence-electron chi connectivity index (χ4n) is 2.96. The molecule has 1 fully saturated rings. The third kappa shape index (κ3) is 4.57. The summed E-state index contributed by atoms with van der Waals surface area (Å²) >= 11 is 0. The standard InChI is InChI=1S/C19H23N3O4S/c1-14-10-12-26-18(14)19(23)20-15-7-6-8-16(13-15)27(24,25)21-17-9-4-3-5-11-22(17)2/h6-8,10,12-13H,3-5,9,11H2,1-2H3,(H,20,23)/b21-17+. The van der Waals surface area contributed by atoms with Crippen LogP contribution in [0.15, 0.2) is 50.3 Å². The van der Waals surface area contributed by atoms with Crippen molar-refractivity contribution in [2.45, 2.75) is 37.5 Å². The van der Waals surface area contributed by atoms with E-state index in [9.17, 15) is 13.2 Å². The second-order valence-corrected chi connectivity index (χ2v) is 8.23. The van der Waals surface area contributed by atoms with Gasteiger partial charge in [0.05, 0.1) is 11.2 Å². The van der Waals surface area contributed by atoms with Crippen molar-refractivity contribution >= 4 is 27.5 Å². The molecule has 7 nitrogen and oxygen atoms in total. The summed E-state index contributed by atoms with van der Waals surface area (Å²) in [5.41, 5.74) is 1.07. The average molecular weight is 389 g/mol. The smallest absolute Gasteiger partial charge is 0.291 e. The van der Waals surface area contributed by atoms with E-state index in [1.807, 2.05) is 11.9 Å². The highest BCUT2D eigenvalue weighted by Crippen LogP contribution is 2.21. The fraction of sp³-hybridized carbons (Fsp3) is 0.368. The fourth-order valence-corrected chi connectivity index (χ4v) is 4.10. The molecule has 0 aliphatic carbocycles. The second-order valence-electron chi connectivity index (χ2n) is 6.63. The molecule has 144 valence electrons. The molecule has 3 rings (SSSR count). The Hall–Kier alpha value is -2.61. The van der Waals surface area contributed by atoms with Gasteiger partial charge in [0.2, 0.25) is 0 Å². The maximum absolute atomic E-state index is 12.7. The van der Waals surface area contributed by atoms with E-state index in [1.165, 1.54) is 18.4 Å². The van der Waals surface area contributed by atoms with E-state index in [2.05, 4.69) is 9.71 Å². The van der Waals surface area contributed by atoms with Crippen molar-refractivity contribution < 1.29 is 17.6 Å². The van der Waals surface area contributed by atoms with Crippen molar-refractivity contribution in [3.63, 3.8) is 0 Å². The van der Waals surface area contributed by atoms with Crippen LogP contribution in [0.4, 0.5) is 5.69 Å². The van der Waals surface area contributed by atoms with Gasteiger partial charge < -0.3 is 14.6 Å². The first-order valence-corrected chi connectivity index (χ1v) is 10.3. The molecule has 0 atom stereocenters. The van der Waals surface area contributed by atoms with Crippen molar-refractivity contribution in [1.29, 1.82) is 0 Å². The van der Waals surface area contributed by atoms with E-state index in [-0.39, 0.29) is 10.7 Å². The Kier molecular flexibility index (Phi) is 5.65. The number of amides is 1. The van der Waals surface area contributed by atoms with E-state index >= 15 is 0 Å². The summed E-state index contributed by atoms with van der Waals surface area (Å²) in [6, 6.07) is 7.78. The summed E-state index contributed by atoms with van der Waals surface area (Å²) in [5, 5.41) is 2.66. The molecular formula is C19H23N3O4S. The number of amidine groups is 1. The number of furan rings is 1. The third-order valence-corrected chi connectivity index (χ3v) is 5.82. The lowest BCUT2D eigenvalue weighted by Gasteiger charge is -2.17. The Morgan fingerprint density at radius 3 is 2.78 bits per heavy atom. The molecule has 0 bridgehead atoms. The van der Waals surface area contributed by atoms with Crippen LogP contribution in [0.25, 0.3) is 0 Å². The molecule has 0 saturated carbocycles. The topological polar surface area (TPSA) is 92.0 Å². The summed E-state index contributed by atoms with van der Waals surface area (Å²) < 4.78 is 34.7. The van der Waals surface area contributed by atoms with E-state index in [1.54, 1.807) is 25.1 Å². The van der Waals surface area contributed by atoms with Crippen molar-refractivity contribution in [2.75, 3.05) is 18.9 Å². The molecule has 27 heavy (non-hydrogen) atoms. The number of hydrogen-bond donors (Lipinski definition) is 1. The Morgan fingerprint density at radius 1 is 1.22 bits per heavy atom. The SMILES string of the molecule is Cc1ccoc1C(=O)Nc1cccc(S(=O)(=O)/N=C2\CCCCCN2C)c1. The number of hydrogen-bond acceptors (Lipinski definition) is 4. The number of rotatable bonds is 4. The molecule has 0 radical (unpaired) electrons. The minimum absolute atomic E-state index is 0.0432. The summed E-state index contributed by atoms with van der Waals surface area (Å²) in [7, 11) is -1.99. The van der Waals surface area contributed by atoms with Gasteiger partial charge in [-0.2, -0.15) is 8.42 Å². The normalized spacial score (nSPS) is 17.0. The van der Waals surface area contributed by atoms with Crippen LogP contribution in [-0.4, -0.2) is 38.7 Å². The Morgan fingerprint density at radius 2 is 2.04 bits per heavy atom. The van der Waals surface area contributed by atoms with Crippen LogP contribution < -0.4 is 5.32 Å². The number of sulfonamides is 1. The van der Waals surface area contributed by atoms with Crippen LogP contribution in [-0.2, 0) is 10.0 Å². The Balaban J connectivity index is 1.83. The van der Waals surface area contributed by atoms with Gasteiger partial charge >= 0.3 is 0 Å². The number of nitrogens with one attached hydrogen (secondary N) is 1. The predicted octanol–water partition coefficient (Wildman–Crippen LogP) is 3.43. The number of nitrogens with zero attached hydrogens (tertiary/aromatic N) is 2. The van der Waals surface area contributed by atoms with E-state index in [0.717, 1.165) is 25.8 Å². The van der Waals surface area contributed by atoms with E-state index in [0.29, 0.717) is 23.5 Å². The number of anilines is 1. The lowest BCUT2D eigenvalue weighted by Crippen LogP contribution is -2.26. The number of benzene rings is 1. The van der Waals surface area contributed by atoms with Gasteiger partial charge in [-0.05, 0) is 44.0 Å². The molecular weight excluding hydrogens is 366 g/mol. The van der Waals surface area contributed by atoms with Crippen molar-refractivity contribution in [2.24, 2.45) is 4.40 Å². The Labute approximate surface area is 159 Å². The lowest BCUT2D eigenvalue weighted by atomic mass is 10.2. The first-order chi connectivity index (χ1) is 12.9. The molecule has 1 amide bonds. The van der Waals surface area contributed by atoms with Gasteiger partial charge in [-0.25, -0.2) is 0 Å². The van der Waals surface area contributed by atoms with E-state index < -0.39 is 15.9 Å². The highest BCUT2D eigenvalue weighted by atomic mass is 32.2. The van der Waals surface area contributed by atoms with Gasteiger partial charge in [0.15, 0.2) is 5.76 Å². The molecule has 2 aromatic rings. The quantitative estimate of drug-likeness (QED) is 0.865. The zero-order valence-corrected chi connectivity index (χ0v) is 16.3. The molecule has 8 heteroatoms. The maximum atomic E-state index is 12.7. The first-order valence-electron chi connectivity index (χ1n) is 8.87. The summed E-state index contributed by atoms with van der Waals surface area (Å²) in [4.78, 5) is 14.2. The number of carbonyl (C=O) groups is 1. The summed E-state index contributed by atoms with van der Waals surface area (Å²) in [6.45, 7) is 2.56. The second kappa shape index (κ2) is 7.96. The number of likely N-dealkylation sites (tertiary alicyclic amines) is 1. The molecule has 1 aliphatic rings. The van der Waals surface area contributed by atoms with Crippen molar-refractivity contribution in [3.8, 4) is 0 Å². The van der Waals surface area contributed by atoms with Crippen molar-refractivity contribution in [1.82, 2.24) is 4.90 Å². The Bertz CT molecular complexity index is 963. The molecule has 0 unspecified atom stereocenters. The monoisotopic (exact) mass is 389 g/mol. The van der Waals surface area contributed by atoms with Crippen molar-refractivity contribution in [3.05, 3.63) is 47.9 Å². The van der Waals surface area contributed by atoms with E-state index in [4.69, 9.17) is 4.42 Å². The first kappa shape index (κ1) is 19.2. The summed E-state index contributed by atoms with van der Waals surface area (Å²) in [6.07, 6.45) is 5.10. The zero-order chi connectivity index (χ0) is 19.4. The minimum atomic E-state index is -3.86.